The van der Waals surface area contributed by atoms with Crippen molar-refractivity contribution in [2.75, 3.05) is 46.1 Å². The molecule has 1 unspecified atom stereocenters. The Kier molecular flexibility index (Phi) is 13.0. The zero-order valence-corrected chi connectivity index (χ0v) is 17.2. The van der Waals surface area contributed by atoms with Gasteiger partial charge in [0.15, 0.2) is 0 Å². The maximum atomic E-state index is 5.77. The first-order valence-electron chi connectivity index (χ1n) is 9.37. The third-order valence-electron chi connectivity index (χ3n) is 3.31. The van der Waals surface area contributed by atoms with Crippen LogP contribution >= 0.6 is 0 Å². The van der Waals surface area contributed by atoms with E-state index in [9.17, 15) is 0 Å². The normalized spacial score (nSPS) is 14.1. The fraction of sp³-hybridized carbons (Fsp3) is 1.00. The maximum Gasteiger partial charge on any atom is 0.0591 e. The minimum atomic E-state index is 0.157. The number of rotatable bonds is 14. The van der Waals surface area contributed by atoms with Gasteiger partial charge in [-0.25, -0.2) is 0 Å². The second-order valence-electron chi connectivity index (χ2n) is 8.40. The molecule has 0 saturated carbocycles. The number of hydrogen-bond acceptors (Lipinski definition) is 5. The van der Waals surface area contributed by atoms with Crippen molar-refractivity contribution < 1.29 is 14.2 Å². The molecule has 0 amide bonds. The lowest BCUT2D eigenvalue weighted by molar-refractivity contribution is 0.0189. The van der Waals surface area contributed by atoms with E-state index in [0.717, 1.165) is 59.0 Å². The van der Waals surface area contributed by atoms with Crippen LogP contribution in [-0.4, -0.2) is 63.3 Å². The van der Waals surface area contributed by atoms with Crippen LogP contribution in [0.5, 0.6) is 0 Å². The molecule has 0 heterocycles. The van der Waals surface area contributed by atoms with Gasteiger partial charge < -0.3 is 24.8 Å². The van der Waals surface area contributed by atoms with E-state index >= 15 is 0 Å². The SMILES string of the molecule is CC(CCOCCNC(C)(C)C)OCCCOCCNC(C)(C)C. The molecule has 0 radical (unpaired) electrons. The molecule has 24 heavy (non-hydrogen) atoms. The van der Waals surface area contributed by atoms with Crippen LogP contribution in [0, 0.1) is 0 Å². The summed E-state index contributed by atoms with van der Waals surface area (Å²) in [7, 11) is 0. The van der Waals surface area contributed by atoms with Crippen molar-refractivity contribution in [3.63, 3.8) is 0 Å². The van der Waals surface area contributed by atoms with Gasteiger partial charge in [0, 0.05) is 44.0 Å². The highest BCUT2D eigenvalue weighted by Crippen LogP contribution is 2.01. The Bertz CT molecular complexity index is 285. The molecule has 0 aromatic carbocycles. The molecule has 0 spiro atoms. The van der Waals surface area contributed by atoms with Gasteiger partial charge >= 0.3 is 0 Å². The fourth-order valence-electron chi connectivity index (χ4n) is 1.98. The Labute approximate surface area is 150 Å². The van der Waals surface area contributed by atoms with Crippen molar-refractivity contribution in [2.45, 2.75) is 78.5 Å². The van der Waals surface area contributed by atoms with Crippen LogP contribution in [0.1, 0.15) is 61.3 Å². The molecule has 0 saturated heterocycles. The summed E-state index contributed by atoms with van der Waals surface area (Å²) in [5.41, 5.74) is 0.317. The third kappa shape index (κ3) is 19.8. The second-order valence-corrected chi connectivity index (χ2v) is 8.40. The Morgan fingerprint density at radius 1 is 0.708 bits per heavy atom. The minimum Gasteiger partial charge on any atom is -0.380 e. The van der Waals surface area contributed by atoms with E-state index in [4.69, 9.17) is 14.2 Å². The van der Waals surface area contributed by atoms with Crippen LogP contribution in [0.4, 0.5) is 0 Å². The average Bonchev–Trinajstić information content (AvgIpc) is 2.43. The van der Waals surface area contributed by atoms with Crippen LogP contribution in [0.15, 0.2) is 0 Å². The van der Waals surface area contributed by atoms with E-state index in [1.165, 1.54) is 0 Å². The molecule has 5 nitrogen and oxygen atoms in total. The van der Waals surface area contributed by atoms with Crippen molar-refractivity contribution in [1.82, 2.24) is 10.6 Å². The van der Waals surface area contributed by atoms with E-state index in [1.54, 1.807) is 0 Å². The molecule has 0 aliphatic carbocycles. The summed E-state index contributed by atoms with van der Waals surface area (Å²) < 4.78 is 17.0. The molecule has 2 N–H and O–H groups in total. The quantitative estimate of drug-likeness (QED) is 0.474. The van der Waals surface area contributed by atoms with Gasteiger partial charge in [-0.05, 0) is 61.3 Å². The van der Waals surface area contributed by atoms with Crippen molar-refractivity contribution in [3.05, 3.63) is 0 Å². The Balaban J connectivity index is 3.28. The molecule has 5 heteroatoms. The van der Waals surface area contributed by atoms with Crippen molar-refractivity contribution in [2.24, 2.45) is 0 Å². The predicted octanol–water partition coefficient (Wildman–Crippen LogP) is 2.98. The molecule has 0 aliphatic rings. The lowest BCUT2D eigenvalue weighted by Crippen LogP contribution is -2.38. The van der Waals surface area contributed by atoms with E-state index in [1.807, 2.05) is 0 Å². The summed E-state index contributed by atoms with van der Waals surface area (Å²) in [6.07, 6.45) is 2.12. The highest BCUT2D eigenvalue weighted by atomic mass is 16.5. The molecule has 1 atom stereocenters. The summed E-state index contributed by atoms with van der Waals surface area (Å²) in [4.78, 5) is 0. The Morgan fingerprint density at radius 2 is 1.21 bits per heavy atom. The van der Waals surface area contributed by atoms with E-state index < -0.39 is 0 Å². The molecule has 0 aliphatic heterocycles. The summed E-state index contributed by atoms with van der Waals surface area (Å²) in [6, 6.07) is 0. The summed E-state index contributed by atoms with van der Waals surface area (Å²) in [6.45, 7) is 20.6. The van der Waals surface area contributed by atoms with Crippen LogP contribution < -0.4 is 10.6 Å². The van der Waals surface area contributed by atoms with Crippen LogP contribution in [0.25, 0.3) is 0 Å². The van der Waals surface area contributed by atoms with Gasteiger partial charge in [-0.1, -0.05) is 0 Å². The van der Waals surface area contributed by atoms with Gasteiger partial charge in [0.25, 0.3) is 0 Å². The van der Waals surface area contributed by atoms with Gasteiger partial charge in [-0.3, -0.25) is 0 Å². The molecule has 0 aromatic rings. The smallest absolute Gasteiger partial charge is 0.0591 e. The van der Waals surface area contributed by atoms with E-state index in [0.29, 0.717) is 0 Å². The van der Waals surface area contributed by atoms with Crippen LogP contribution in [0.3, 0.4) is 0 Å². The lowest BCUT2D eigenvalue weighted by atomic mass is 10.1. The van der Waals surface area contributed by atoms with E-state index in [2.05, 4.69) is 59.1 Å². The van der Waals surface area contributed by atoms with Crippen LogP contribution in [-0.2, 0) is 14.2 Å². The first kappa shape index (κ1) is 23.8. The first-order chi connectivity index (χ1) is 11.1. The van der Waals surface area contributed by atoms with Gasteiger partial charge in [0.1, 0.15) is 0 Å². The molecule has 0 bridgehead atoms. The molecular formula is C19H42N2O3. The number of hydrogen-bond donors (Lipinski definition) is 2. The first-order valence-corrected chi connectivity index (χ1v) is 9.37. The minimum absolute atomic E-state index is 0.157. The summed E-state index contributed by atoms with van der Waals surface area (Å²) in [5.74, 6) is 0. The largest absolute Gasteiger partial charge is 0.380 e. The van der Waals surface area contributed by atoms with Crippen molar-refractivity contribution >= 4 is 0 Å². The highest BCUT2D eigenvalue weighted by molar-refractivity contribution is 4.70. The molecule has 146 valence electrons. The second kappa shape index (κ2) is 13.1. The Hall–Kier alpha value is -0.200. The molecule has 0 fully saturated rings. The topological polar surface area (TPSA) is 51.8 Å². The lowest BCUT2D eigenvalue weighted by Gasteiger charge is -2.20. The number of ether oxygens (including phenoxy) is 3. The summed E-state index contributed by atoms with van der Waals surface area (Å²) in [5, 5.41) is 6.81. The maximum absolute atomic E-state index is 5.77. The van der Waals surface area contributed by atoms with Crippen molar-refractivity contribution in [3.8, 4) is 0 Å². The number of nitrogens with one attached hydrogen (secondary N) is 2. The van der Waals surface area contributed by atoms with Gasteiger partial charge in [-0.15, -0.1) is 0 Å². The molecule has 0 rings (SSSR count). The summed E-state index contributed by atoms with van der Waals surface area (Å²) >= 11 is 0. The molecular weight excluding hydrogens is 304 g/mol. The van der Waals surface area contributed by atoms with Crippen molar-refractivity contribution in [1.29, 1.82) is 0 Å². The highest BCUT2D eigenvalue weighted by Gasteiger charge is 2.08. The zero-order valence-electron chi connectivity index (χ0n) is 17.2. The van der Waals surface area contributed by atoms with E-state index in [-0.39, 0.29) is 17.2 Å². The van der Waals surface area contributed by atoms with Crippen LogP contribution in [0.2, 0.25) is 0 Å². The standard InChI is InChI=1S/C19H42N2O3/c1-17(9-14-23-16-11-21-19(5,6)7)24-13-8-12-22-15-10-20-18(2,3)4/h17,20-21H,8-16H2,1-7H3. The van der Waals surface area contributed by atoms with Gasteiger partial charge in [-0.2, -0.15) is 0 Å². The monoisotopic (exact) mass is 346 g/mol. The Morgan fingerprint density at radius 3 is 1.71 bits per heavy atom. The van der Waals surface area contributed by atoms with Gasteiger partial charge in [0.2, 0.25) is 0 Å². The predicted molar refractivity (Wildman–Crippen MR) is 102 cm³/mol. The average molecular weight is 347 g/mol. The molecule has 0 aromatic heterocycles. The third-order valence-corrected chi connectivity index (χ3v) is 3.31. The zero-order chi connectivity index (χ0) is 18.5. The fourth-order valence-corrected chi connectivity index (χ4v) is 1.98. The van der Waals surface area contributed by atoms with Gasteiger partial charge in [0.05, 0.1) is 19.3 Å².